The van der Waals surface area contributed by atoms with E-state index >= 15 is 0 Å². The van der Waals surface area contributed by atoms with Gasteiger partial charge in [-0.15, -0.1) is 23.1 Å². The molecule has 0 saturated heterocycles. The van der Waals surface area contributed by atoms with E-state index in [0.29, 0.717) is 59.7 Å². The average Bonchev–Trinajstić information content (AvgIpc) is 3.53. The second-order valence-corrected chi connectivity index (χ2v) is 14.0. The molecule has 1 heterocycles. The van der Waals surface area contributed by atoms with Gasteiger partial charge in [-0.2, -0.15) is 0 Å². The third-order valence-corrected chi connectivity index (χ3v) is 10.1. The molecule has 0 bridgehead atoms. The molecular formula is C35H26Cl4N4O3S2. The lowest BCUT2D eigenvalue weighted by atomic mass is 10.1. The van der Waals surface area contributed by atoms with E-state index in [1.807, 2.05) is 18.4 Å². The van der Waals surface area contributed by atoms with Gasteiger partial charge in [-0.3, -0.25) is 14.4 Å². The molecule has 3 N–H and O–H groups in total. The Balaban J connectivity index is 1.30. The van der Waals surface area contributed by atoms with Crippen molar-refractivity contribution in [3.8, 4) is 11.3 Å². The van der Waals surface area contributed by atoms with E-state index in [-0.39, 0.29) is 11.6 Å². The van der Waals surface area contributed by atoms with Crippen molar-refractivity contribution in [3.05, 3.63) is 133 Å². The van der Waals surface area contributed by atoms with E-state index < -0.39 is 17.1 Å². The van der Waals surface area contributed by atoms with Gasteiger partial charge < -0.3 is 16.0 Å². The molecule has 0 radical (unpaired) electrons. The van der Waals surface area contributed by atoms with Crippen LogP contribution in [0.25, 0.3) is 17.3 Å². The van der Waals surface area contributed by atoms with Gasteiger partial charge in [0.15, 0.2) is 5.13 Å². The van der Waals surface area contributed by atoms with Gasteiger partial charge in [-0.25, -0.2) is 4.98 Å². The summed E-state index contributed by atoms with van der Waals surface area (Å²) in [4.78, 5) is 45.1. The van der Waals surface area contributed by atoms with Crippen LogP contribution in [0.2, 0.25) is 20.1 Å². The van der Waals surface area contributed by atoms with Crippen molar-refractivity contribution in [1.29, 1.82) is 0 Å². The van der Waals surface area contributed by atoms with Gasteiger partial charge in [0.1, 0.15) is 5.70 Å². The maximum absolute atomic E-state index is 13.6. The predicted octanol–water partition coefficient (Wildman–Crippen LogP) is 10.3. The summed E-state index contributed by atoms with van der Waals surface area (Å²) in [5.41, 5.74) is 2.48. The van der Waals surface area contributed by atoms with Gasteiger partial charge in [0.05, 0.1) is 16.0 Å². The fourth-order valence-corrected chi connectivity index (χ4v) is 7.14. The molecule has 0 aliphatic heterocycles. The number of rotatable bonds is 11. The zero-order valence-corrected chi connectivity index (χ0v) is 29.8. The minimum atomic E-state index is -0.595. The van der Waals surface area contributed by atoms with Crippen LogP contribution in [-0.4, -0.2) is 28.0 Å². The smallest absolute Gasteiger partial charge is 0.272 e. The van der Waals surface area contributed by atoms with Gasteiger partial charge in [0, 0.05) is 47.7 Å². The first-order valence-corrected chi connectivity index (χ1v) is 17.7. The lowest BCUT2D eigenvalue weighted by Gasteiger charge is -2.15. The number of carbonyl (C=O) groups excluding carboxylic acids is 3. The summed E-state index contributed by atoms with van der Waals surface area (Å²) in [6.45, 7) is 1.91. The van der Waals surface area contributed by atoms with Crippen molar-refractivity contribution in [2.45, 2.75) is 23.5 Å². The zero-order chi connectivity index (χ0) is 34.2. The van der Waals surface area contributed by atoms with Crippen LogP contribution in [0.3, 0.4) is 0 Å². The number of aromatic nitrogens is 1. The van der Waals surface area contributed by atoms with E-state index in [4.69, 9.17) is 46.4 Å². The molecule has 5 aromatic rings. The van der Waals surface area contributed by atoms with E-state index in [1.165, 1.54) is 29.2 Å². The highest BCUT2D eigenvalue weighted by Gasteiger charge is 2.21. The summed E-state index contributed by atoms with van der Waals surface area (Å²) >= 11 is 27.7. The molecule has 1 unspecified atom stereocenters. The first-order chi connectivity index (χ1) is 23.1. The van der Waals surface area contributed by atoms with Crippen LogP contribution in [0.4, 0.5) is 10.8 Å². The second kappa shape index (κ2) is 16.5. The number of anilines is 2. The van der Waals surface area contributed by atoms with Gasteiger partial charge >= 0.3 is 0 Å². The van der Waals surface area contributed by atoms with Gasteiger partial charge in [0.25, 0.3) is 11.8 Å². The van der Waals surface area contributed by atoms with Crippen molar-refractivity contribution in [2.24, 2.45) is 0 Å². The molecule has 1 atom stereocenters. The topological polar surface area (TPSA) is 100 Å². The monoisotopic (exact) mass is 754 g/mol. The number of nitrogens with zero attached hydrogens (tertiary/aromatic N) is 1. The highest BCUT2D eigenvalue weighted by atomic mass is 35.5. The minimum Gasteiger partial charge on any atom is -0.321 e. The average molecular weight is 757 g/mol. The number of hydrogen-bond donors (Lipinski definition) is 3. The Kier molecular flexibility index (Phi) is 12.2. The van der Waals surface area contributed by atoms with Crippen LogP contribution >= 0.6 is 69.5 Å². The fourth-order valence-electron chi connectivity index (χ4n) is 4.41. The number of thioether (sulfide) groups is 1. The summed E-state index contributed by atoms with van der Waals surface area (Å²) in [5, 5.41) is 11.8. The number of nitrogens with one attached hydrogen (secondary N) is 3. The van der Waals surface area contributed by atoms with E-state index in [9.17, 15) is 14.4 Å². The summed E-state index contributed by atoms with van der Waals surface area (Å²) in [6.07, 6.45) is 1.97. The number of benzene rings is 4. The third kappa shape index (κ3) is 9.19. The van der Waals surface area contributed by atoms with Gasteiger partial charge in [-0.1, -0.05) is 83.7 Å². The molecule has 0 fully saturated rings. The Hall–Kier alpha value is -3.83. The fraction of sp³-hybridized carbons (Fsp3) is 0.0857. The lowest BCUT2D eigenvalue weighted by Crippen LogP contribution is -2.30. The Labute approximate surface area is 305 Å². The molecule has 0 aliphatic carbocycles. The Morgan fingerprint density at radius 1 is 0.854 bits per heavy atom. The van der Waals surface area contributed by atoms with E-state index in [1.54, 1.807) is 84.9 Å². The molecule has 3 amide bonds. The van der Waals surface area contributed by atoms with Crippen molar-refractivity contribution in [3.63, 3.8) is 0 Å². The van der Waals surface area contributed by atoms with E-state index in [2.05, 4.69) is 20.9 Å². The molecule has 48 heavy (non-hydrogen) atoms. The summed E-state index contributed by atoms with van der Waals surface area (Å²) < 4.78 is 0. The Morgan fingerprint density at radius 2 is 1.58 bits per heavy atom. The van der Waals surface area contributed by atoms with Gasteiger partial charge in [0.2, 0.25) is 5.91 Å². The van der Waals surface area contributed by atoms with Gasteiger partial charge in [-0.05, 0) is 73.2 Å². The molecule has 0 aliphatic rings. The molecular weight excluding hydrogens is 730 g/mol. The second-order valence-electron chi connectivity index (χ2n) is 10.2. The predicted molar refractivity (Wildman–Crippen MR) is 200 cm³/mol. The normalized spacial score (nSPS) is 11.9. The largest absolute Gasteiger partial charge is 0.321 e. The maximum Gasteiger partial charge on any atom is 0.272 e. The standard InChI is InChI=1S/C35H26Cl4N4O3S2/c1-2-31(34(46)43-35-42-30(19-47-35)24-15-14-21(36)16-28(24)39)48-23-11-6-10-22(17-23)40-33(45)29(18-25-26(37)12-7-13-27(25)38)41-32(44)20-8-4-3-5-9-20/h3-19,31H,2H2,1H3,(H,40,45)(H,41,44)(H,42,43,46)/b29-18+. The Morgan fingerprint density at radius 3 is 2.29 bits per heavy atom. The number of amides is 3. The number of thiazole rings is 1. The van der Waals surface area contributed by atoms with Crippen LogP contribution in [0.5, 0.6) is 0 Å². The van der Waals surface area contributed by atoms with Crippen molar-refractivity contribution in [1.82, 2.24) is 10.3 Å². The molecule has 0 spiro atoms. The van der Waals surface area contributed by atoms with Crippen molar-refractivity contribution >= 4 is 104 Å². The minimum absolute atomic E-state index is 0.0644. The number of carbonyl (C=O) groups is 3. The molecule has 244 valence electrons. The highest BCUT2D eigenvalue weighted by Crippen LogP contribution is 2.34. The number of hydrogen-bond acceptors (Lipinski definition) is 6. The third-order valence-electron chi connectivity index (χ3n) is 6.79. The highest BCUT2D eigenvalue weighted by molar-refractivity contribution is 8.00. The van der Waals surface area contributed by atoms with Crippen molar-refractivity contribution in [2.75, 3.05) is 10.6 Å². The summed E-state index contributed by atoms with van der Waals surface area (Å²) in [5.74, 6) is -1.29. The van der Waals surface area contributed by atoms with Crippen LogP contribution < -0.4 is 16.0 Å². The summed E-state index contributed by atoms with van der Waals surface area (Å²) in [7, 11) is 0. The summed E-state index contributed by atoms with van der Waals surface area (Å²) in [6, 6.07) is 25.7. The maximum atomic E-state index is 13.6. The van der Waals surface area contributed by atoms with Crippen LogP contribution in [0.15, 0.2) is 107 Å². The number of halogens is 4. The molecule has 0 saturated carbocycles. The first-order valence-electron chi connectivity index (χ1n) is 14.4. The SMILES string of the molecule is CCC(Sc1cccc(NC(=O)/C(=C\c2c(Cl)cccc2Cl)NC(=O)c2ccccc2)c1)C(=O)Nc1nc(-c2ccc(Cl)cc2Cl)cs1. The van der Waals surface area contributed by atoms with Crippen molar-refractivity contribution < 1.29 is 14.4 Å². The van der Waals surface area contributed by atoms with Crippen LogP contribution in [0.1, 0.15) is 29.3 Å². The molecule has 1 aromatic heterocycles. The zero-order valence-electron chi connectivity index (χ0n) is 25.1. The molecule has 4 aromatic carbocycles. The quantitative estimate of drug-likeness (QED) is 0.0921. The lowest BCUT2D eigenvalue weighted by molar-refractivity contribution is -0.116. The van der Waals surface area contributed by atoms with E-state index in [0.717, 1.165) is 4.90 Å². The molecule has 7 nitrogen and oxygen atoms in total. The van der Waals surface area contributed by atoms with Crippen LogP contribution in [0, 0.1) is 0 Å². The van der Waals surface area contributed by atoms with Crippen LogP contribution in [-0.2, 0) is 9.59 Å². The molecule has 13 heteroatoms. The first kappa shape index (κ1) is 35.5. The Bertz CT molecular complexity index is 1980. The molecule has 5 rings (SSSR count).